The normalized spacial score (nSPS) is 21.5. The highest BCUT2D eigenvalue weighted by atomic mass is 35.5. The van der Waals surface area contributed by atoms with E-state index in [9.17, 15) is 18.5 Å². The van der Waals surface area contributed by atoms with Crippen molar-refractivity contribution in [3.8, 4) is 0 Å². The first kappa shape index (κ1) is 19.8. The van der Waals surface area contributed by atoms with Crippen molar-refractivity contribution in [2.45, 2.75) is 38.1 Å². The van der Waals surface area contributed by atoms with Gasteiger partial charge in [0.2, 0.25) is 10.0 Å². The average Bonchev–Trinajstić information content (AvgIpc) is 2.41. The lowest BCUT2D eigenvalue weighted by molar-refractivity contribution is -0.385. The summed E-state index contributed by atoms with van der Waals surface area (Å²) >= 11 is 0. The van der Waals surface area contributed by atoms with Crippen LogP contribution in [0.4, 0.5) is 5.69 Å². The summed E-state index contributed by atoms with van der Waals surface area (Å²) in [6.07, 6.45) is 0.570. The first-order valence-electron chi connectivity index (χ1n) is 7.06. The Morgan fingerprint density at radius 3 is 2.52 bits per heavy atom. The maximum atomic E-state index is 12.7. The summed E-state index contributed by atoms with van der Waals surface area (Å²) in [6.45, 7) is 6.07. The van der Waals surface area contributed by atoms with E-state index >= 15 is 0 Å². The zero-order valence-electron chi connectivity index (χ0n) is 13.4. The van der Waals surface area contributed by atoms with Crippen LogP contribution in [0.5, 0.6) is 0 Å². The summed E-state index contributed by atoms with van der Waals surface area (Å²) < 4.78 is 26.8. The number of aryl methyl sites for hydroxylation is 1. The number of rotatable bonds is 3. The van der Waals surface area contributed by atoms with Gasteiger partial charge in [0.1, 0.15) is 0 Å². The predicted molar refractivity (Wildman–Crippen MR) is 90.2 cm³/mol. The van der Waals surface area contributed by atoms with Gasteiger partial charge in [-0.2, -0.15) is 4.31 Å². The van der Waals surface area contributed by atoms with Crippen molar-refractivity contribution in [3.63, 3.8) is 0 Å². The van der Waals surface area contributed by atoms with Crippen LogP contribution in [0.15, 0.2) is 23.1 Å². The molecule has 0 bridgehead atoms. The van der Waals surface area contributed by atoms with E-state index in [1.54, 1.807) is 6.92 Å². The van der Waals surface area contributed by atoms with Gasteiger partial charge >= 0.3 is 0 Å². The molecule has 1 fully saturated rings. The fraction of sp³-hybridized carbons (Fsp3) is 0.571. The molecule has 2 rings (SSSR count). The molecule has 1 saturated heterocycles. The minimum atomic E-state index is -3.76. The van der Waals surface area contributed by atoms with Gasteiger partial charge in [-0.3, -0.25) is 10.1 Å². The first-order chi connectivity index (χ1) is 10.1. The number of hydrogen-bond donors (Lipinski definition) is 1. The van der Waals surface area contributed by atoms with Crippen molar-refractivity contribution < 1.29 is 13.3 Å². The van der Waals surface area contributed by atoms with Gasteiger partial charge in [-0.05, 0) is 24.8 Å². The molecule has 0 amide bonds. The van der Waals surface area contributed by atoms with Gasteiger partial charge in [0, 0.05) is 30.8 Å². The molecule has 2 N–H and O–H groups in total. The number of nitrogens with zero attached hydrogens (tertiary/aromatic N) is 2. The third-order valence-electron chi connectivity index (χ3n) is 4.29. The topological polar surface area (TPSA) is 107 Å². The van der Waals surface area contributed by atoms with E-state index in [0.29, 0.717) is 25.1 Å². The smallest absolute Gasteiger partial charge is 0.273 e. The Morgan fingerprint density at radius 2 is 2.00 bits per heavy atom. The lowest BCUT2D eigenvalue weighted by Gasteiger charge is -2.41. The van der Waals surface area contributed by atoms with E-state index in [2.05, 4.69) is 0 Å². The number of nitrogens with two attached hydrogens (primary N) is 1. The Morgan fingerprint density at radius 1 is 1.39 bits per heavy atom. The van der Waals surface area contributed by atoms with E-state index in [-0.39, 0.29) is 34.4 Å². The van der Waals surface area contributed by atoms with Gasteiger partial charge < -0.3 is 5.73 Å². The van der Waals surface area contributed by atoms with Gasteiger partial charge in [-0.15, -0.1) is 12.4 Å². The maximum absolute atomic E-state index is 12.7. The average molecular weight is 364 g/mol. The fourth-order valence-corrected chi connectivity index (χ4v) is 4.27. The van der Waals surface area contributed by atoms with Crippen LogP contribution >= 0.6 is 12.4 Å². The second kappa shape index (κ2) is 6.72. The fourth-order valence-electron chi connectivity index (χ4n) is 2.63. The molecule has 0 saturated carbocycles. The van der Waals surface area contributed by atoms with Crippen molar-refractivity contribution in [1.82, 2.24) is 4.31 Å². The van der Waals surface area contributed by atoms with Gasteiger partial charge in [-0.1, -0.05) is 19.9 Å². The second-order valence-corrected chi connectivity index (χ2v) is 8.37. The molecular formula is C14H22ClN3O4S. The molecule has 7 nitrogen and oxygen atoms in total. The zero-order valence-corrected chi connectivity index (χ0v) is 15.0. The number of halogens is 1. The van der Waals surface area contributed by atoms with E-state index in [1.807, 2.05) is 13.8 Å². The number of piperidine rings is 1. The molecule has 0 aromatic heterocycles. The Bertz CT molecular complexity index is 706. The highest BCUT2D eigenvalue weighted by Crippen LogP contribution is 2.32. The molecule has 1 aliphatic rings. The zero-order chi connectivity index (χ0) is 16.7. The lowest BCUT2D eigenvalue weighted by Crippen LogP contribution is -2.53. The summed E-state index contributed by atoms with van der Waals surface area (Å²) in [6, 6.07) is 3.95. The number of nitro groups is 1. The molecule has 1 aromatic rings. The van der Waals surface area contributed by atoms with Crippen molar-refractivity contribution >= 4 is 28.1 Å². The van der Waals surface area contributed by atoms with Gasteiger partial charge in [-0.25, -0.2) is 8.42 Å². The summed E-state index contributed by atoms with van der Waals surface area (Å²) in [5.41, 5.74) is 5.95. The minimum Gasteiger partial charge on any atom is -0.327 e. The van der Waals surface area contributed by atoms with Crippen molar-refractivity contribution in [2.24, 2.45) is 11.1 Å². The Balaban J connectivity index is 0.00000264. The second-order valence-electron chi connectivity index (χ2n) is 6.43. The Labute approximate surface area is 142 Å². The number of benzene rings is 1. The number of sulfonamides is 1. The molecule has 9 heteroatoms. The molecule has 1 atom stereocenters. The molecule has 23 heavy (non-hydrogen) atoms. The summed E-state index contributed by atoms with van der Waals surface area (Å²) in [5.74, 6) is 0. The van der Waals surface area contributed by atoms with E-state index in [0.717, 1.165) is 6.07 Å². The summed E-state index contributed by atoms with van der Waals surface area (Å²) in [4.78, 5) is 10.4. The highest BCUT2D eigenvalue weighted by molar-refractivity contribution is 7.89. The maximum Gasteiger partial charge on any atom is 0.273 e. The molecular weight excluding hydrogens is 342 g/mol. The molecule has 1 unspecified atom stereocenters. The Kier molecular flexibility index (Phi) is 5.79. The van der Waals surface area contributed by atoms with Crippen LogP contribution in [0.2, 0.25) is 0 Å². The molecule has 1 heterocycles. The Hall–Kier alpha value is -1.22. The van der Waals surface area contributed by atoms with Crippen LogP contribution in [0, 0.1) is 22.5 Å². The lowest BCUT2D eigenvalue weighted by atomic mass is 9.81. The van der Waals surface area contributed by atoms with Gasteiger partial charge in [0.25, 0.3) is 5.69 Å². The summed E-state index contributed by atoms with van der Waals surface area (Å²) in [5, 5.41) is 11.0. The highest BCUT2D eigenvalue weighted by Gasteiger charge is 2.39. The van der Waals surface area contributed by atoms with Crippen LogP contribution in [0.3, 0.4) is 0 Å². The SMILES string of the molecule is Cc1ccc(S(=O)(=O)N2CCC(N)C(C)(C)C2)cc1[N+](=O)[O-].Cl. The monoisotopic (exact) mass is 363 g/mol. The summed E-state index contributed by atoms with van der Waals surface area (Å²) in [7, 11) is -3.76. The van der Waals surface area contributed by atoms with Crippen LogP contribution in [-0.2, 0) is 10.0 Å². The van der Waals surface area contributed by atoms with Crippen LogP contribution < -0.4 is 5.73 Å². The van der Waals surface area contributed by atoms with Crippen LogP contribution in [0.25, 0.3) is 0 Å². The predicted octanol–water partition coefficient (Wildman–Crippen LogP) is 2.07. The van der Waals surface area contributed by atoms with Gasteiger partial charge in [0.15, 0.2) is 0 Å². The minimum absolute atomic E-state index is 0. The molecule has 130 valence electrons. The van der Waals surface area contributed by atoms with E-state index < -0.39 is 14.9 Å². The van der Waals surface area contributed by atoms with E-state index in [1.165, 1.54) is 16.4 Å². The van der Waals surface area contributed by atoms with Crippen molar-refractivity contribution in [3.05, 3.63) is 33.9 Å². The molecule has 0 spiro atoms. The third-order valence-corrected chi connectivity index (χ3v) is 6.13. The van der Waals surface area contributed by atoms with Crippen molar-refractivity contribution in [2.75, 3.05) is 13.1 Å². The van der Waals surface area contributed by atoms with Crippen molar-refractivity contribution in [1.29, 1.82) is 0 Å². The molecule has 0 radical (unpaired) electrons. The standard InChI is InChI=1S/C14H21N3O4S.ClH/c1-10-4-5-11(8-12(10)17(18)19)22(20,21)16-7-6-13(15)14(2,3)9-16;/h4-5,8,13H,6-7,9,15H2,1-3H3;1H. The van der Waals surface area contributed by atoms with Crippen LogP contribution in [0.1, 0.15) is 25.8 Å². The third kappa shape index (κ3) is 3.82. The van der Waals surface area contributed by atoms with Gasteiger partial charge in [0.05, 0.1) is 9.82 Å². The van der Waals surface area contributed by atoms with Crippen LogP contribution in [-0.4, -0.2) is 36.8 Å². The number of nitro benzene ring substituents is 1. The molecule has 0 aliphatic carbocycles. The molecule has 1 aliphatic heterocycles. The van der Waals surface area contributed by atoms with E-state index in [4.69, 9.17) is 5.73 Å². The number of hydrogen-bond acceptors (Lipinski definition) is 5. The quantitative estimate of drug-likeness (QED) is 0.653. The molecule has 1 aromatic carbocycles. The largest absolute Gasteiger partial charge is 0.327 e. The first-order valence-corrected chi connectivity index (χ1v) is 8.50.